The van der Waals surface area contributed by atoms with Gasteiger partial charge in [0.25, 0.3) is 0 Å². The standard InChI is InChI=1S/C15H28F3N3/c1-12-3-4-14(10-19,9-13(12)2)21-7-5-20(6-8-21)11-15(16,17)18/h12-13H,3-11,19H2,1-2H3. The van der Waals surface area contributed by atoms with Crippen LogP contribution in [-0.2, 0) is 0 Å². The SMILES string of the molecule is CC1CCC(CN)(N2CCN(CC(F)(F)F)CC2)CC1C. The molecule has 2 rings (SSSR count). The van der Waals surface area contributed by atoms with Gasteiger partial charge in [-0.15, -0.1) is 0 Å². The van der Waals surface area contributed by atoms with Crippen LogP contribution in [0.15, 0.2) is 0 Å². The largest absolute Gasteiger partial charge is 0.401 e. The van der Waals surface area contributed by atoms with Crippen molar-refractivity contribution in [3.8, 4) is 0 Å². The molecular weight excluding hydrogens is 279 g/mol. The van der Waals surface area contributed by atoms with E-state index >= 15 is 0 Å². The molecule has 0 aromatic carbocycles. The van der Waals surface area contributed by atoms with Crippen molar-refractivity contribution in [3.63, 3.8) is 0 Å². The van der Waals surface area contributed by atoms with E-state index in [0.29, 0.717) is 38.6 Å². The normalized spacial score (nSPS) is 36.9. The van der Waals surface area contributed by atoms with Crippen LogP contribution in [-0.4, -0.2) is 60.8 Å². The van der Waals surface area contributed by atoms with Crippen LogP contribution in [0.5, 0.6) is 0 Å². The summed E-state index contributed by atoms with van der Waals surface area (Å²) < 4.78 is 37.4. The van der Waals surface area contributed by atoms with Crippen LogP contribution in [0.3, 0.4) is 0 Å². The van der Waals surface area contributed by atoms with E-state index in [1.807, 2.05) is 0 Å². The summed E-state index contributed by atoms with van der Waals surface area (Å²) in [5.74, 6) is 1.35. The molecule has 124 valence electrons. The Bertz CT molecular complexity index is 340. The van der Waals surface area contributed by atoms with Crippen LogP contribution < -0.4 is 5.73 Å². The quantitative estimate of drug-likeness (QED) is 0.868. The predicted octanol–water partition coefficient (Wildman–Crippen LogP) is 2.32. The molecule has 0 aromatic rings. The number of hydrogen-bond acceptors (Lipinski definition) is 3. The highest BCUT2D eigenvalue weighted by Gasteiger charge is 2.43. The Labute approximate surface area is 125 Å². The Morgan fingerprint density at radius 2 is 1.71 bits per heavy atom. The molecule has 3 unspecified atom stereocenters. The molecule has 1 saturated heterocycles. The van der Waals surface area contributed by atoms with Gasteiger partial charge in [0.1, 0.15) is 0 Å². The van der Waals surface area contributed by atoms with Gasteiger partial charge in [-0.3, -0.25) is 9.80 Å². The van der Waals surface area contributed by atoms with Gasteiger partial charge in [0.15, 0.2) is 0 Å². The molecule has 21 heavy (non-hydrogen) atoms. The maximum atomic E-state index is 12.5. The molecule has 1 heterocycles. The molecule has 0 amide bonds. The summed E-state index contributed by atoms with van der Waals surface area (Å²) in [6.45, 7) is 6.77. The lowest BCUT2D eigenvalue weighted by Gasteiger charge is -2.52. The maximum Gasteiger partial charge on any atom is 0.401 e. The van der Waals surface area contributed by atoms with Gasteiger partial charge < -0.3 is 5.73 Å². The highest BCUT2D eigenvalue weighted by atomic mass is 19.4. The summed E-state index contributed by atoms with van der Waals surface area (Å²) >= 11 is 0. The monoisotopic (exact) mass is 307 g/mol. The van der Waals surface area contributed by atoms with Crippen molar-refractivity contribution in [3.05, 3.63) is 0 Å². The molecule has 1 saturated carbocycles. The average Bonchev–Trinajstić information content (AvgIpc) is 2.41. The number of nitrogens with zero attached hydrogens (tertiary/aromatic N) is 2. The van der Waals surface area contributed by atoms with E-state index in [0.717, 1.165) is 18.8 Å². The van der Waals surface area contributed by atoms with Gasteiger partial charge in [-0.1, -0.05) is 13.8 Å². The average molecular weight is 307 g/mol. The summed E-state index contributed by atoms with van der Waals surface area (Å²) in [4.78, 5) is 3.87. The van der Waals surface area contributed by atoms with Crippen molar-refractivity contribution in [2.24, 2.45) is 17.6 Å². The minimum absolute atomic E-state index is 0.0102. The minimum Gasteiger partial charge on any atom is -0.329 e. The van der Waals surface area contributed by atoms with Gasteiger partial charge in [-0.25, -0.2) is 0 Å². The zero-order valence-electron chi connectivity index (χ0n) is 13.1. The van der Waals surface area contributed by atoms with Crippen molar-refractivity contribution in [2.75, 3.05) is 39.3 Å². The molecular formula is C15H28F3N3. The zero-order valence-corrected chi connectivity index (χ0v) is 13.1. The summed E-state index contributed by atoms with van der Waals surface area (Å²) in [5.41, 5.74) is 6.09. The van der Waals surface area contributed by atoms with Crippen LogP contribution in [0.4, 0.5) is 13.2 Å². The van der Waals surface area contributed by atoms with Gasteiger partial charge in [0.2, 0.25) is 0 Å². The number of piperazine rings is 1. The second kappa shape index (κ2) is 6.42. The third-order valence-electron chi connectivity index (χ3n) is 5.56. The first-order valence-corrected chi connectivity index (χ1v) is 8.00. The van der Waals surface area contributed by atoms with Crippen molar-refractivity contribution < 1.29 is 13.2 Å². The summed E-state index contributed by atoms with van der Waals surface area (Å²) in [6, 6.07) is 0. The zero-order chi connectivity index (χ0) is 15.7. The summed E-state index contributed by atoms with van der Waals surface area (Å²) in [7, 11) is 0. The molecule has 2 fully saturated rings. The highest BCUT2D eigenvalue weighted by molar-refractivity contribution is 4.99. The van der Waals surface area contributed by atoms with Crippen LogP contribution in [0.1, 0.15) is 33.1 Å². The third-order valence-corrected chi connectivity index (χ3v) is 5.56. The molecule has 0 radical (unpaired) electrons. The van der Waals surface area contributed by atoms with Crippen LogP contribution in [0.2, 0.25) is 0 Å². The molecule has 2 aliphatic rings. The van der Waals surface area contributed by atoms with Crippen LogP contribution in [0, 0.1) is 11.8 Å². The lowest BCUT2D eigenvalue weighted by Crippen LogP contribution is -2.62. The molecule has 1 aliphatic carbocycles. The first-order chi connectivity index (χ1) is 9.76. The first-order valence-electron chi connectivity index (χ1n) is 8.00. The van der Waals surface area contributed by atoms with E-state index in [9.17, 15) is 13.2 Å². The van der Waals surface area contributed by atoms with Crippen LogP contribution >= 0.6 is 0 Å². The molecule has 1 aliphatic heterocycles. The number of hydrogen-bond donors (Lipinski definition) is 1. The van der Waals surface area contributed by atoms with E-state index in [2.05, 4.69) is 18.7 Å². The second-order valence-electron chi connectivity index (χ2n) is 7.00. The molecule has 2 N–H and O–H groups in total. The fraction of sp³-hybridized carbons (Fsp3) is 1.00. The topological polar surface area (TPSA) is 32.5 Å². The van der Waals surface area contributed by atoms with Crippen molar-refractivity contribution >= 4 is 0 Å². The Kier molecular flexibility index (Phi) is 5.21. The molecule has 6 heteroatoms. The van der Waals surface area contributed by atoms with E-state index < -0.39 is 12.7 Å². The molecule has 3 nitrogen and oxygen atoms in total. The van der Waals surface area contributed by atoms with Crippen molar-refractivity contribution in [1.82, 2.24) is 9.80 Å². The number of halogens is 3. The van der Waals surface area contributed by atoms with E-state index in [1.54, 1.807) is 0 Å². The molecule has 0 bridgehead atoms. The first kappa shape index (κ1) is 17.0. The highest BCUT2D eigenvalue weighted by Crippen LogP contribution is 2.39. The fourth-order valence-corrected chi connectivity index (χ4v) is 3.92. The fourth-order valence-electron chi connectivity index (χ4n) is 3.92. The minimum atomic E-state index is -4.09. The lowest BCUT2D eigenvalue weighted by atomic mass is 9.70. The van der Waals surface area contributed by atoms with Crippen LogP contribution in [0.25, 0.3) is 0 Å². The van der Waals surface area contributed by atoms with Crippen molar-refractivity contribution in [2.45, 2.75) is 44.8 Å². The lowest BCUT2D eigenvalue weighted by molar-refractivity contribution is -0.151. The molecule has 3 atom stereocenters. The predicted molar refractivity (Wildman–Crippen MR) is 78.0 cm³/mol. The molecule has 0 aromatic heterocycles. The van der Waals surface area contributed by atoms with E-state index in [4.69, 9.17) is 5.73 Å². The van der Waals surface area contributed by atoms with Crippen molar-refractivity contribution in [1.29, 1.82) is 0 Å². The van der Waals surface area contributed by atoms with Gasteiger partial charge >= 0.3 is 6.18 Å². The van der Waals surface area contributed by atoms with E-state index in [-0.39, 0.29) is 5.54 Å². The summed E-state index contributed by atoms with van der Waals surface area (Å²) in [6.07, 6.45) is -0.776. The Balaban J connectivity index is 1.93. The van der Waals surface area contributed by atoms with Gasteiger partial charge in [-0.05, 0) is 31.1 Å². The third kappa shape index (κ3) is 4.11. The maximum absolute atomic E-state index is 12.5. The number of nitrogens with two attached hydrogens (primary N) is 1. The van der Waals surface area contributed by atoms with Gasteiger partial charge in [0.05, 0.1) is 6.54 Å². The Morgan fingerprint density at radius 3 is 2.19 bits per heavy atom. The summed E-state index contributed by atoms with van der Waals surface area (Å²) in [5, 5.41) is 0. The van der Waals surface area contributed by atoms with Gasteiger partial charge in [-0.2, -0.15) is 13.2 Å². The Hall–Kier alpha value is -0.330. The Morgan fingerprint density at radius 1 is 1.10 bits per heavy atom. The second-order valence-corrected chi connectivity index (χ2v) is 7.00. The number of alkyl halides is 3. The van der Waals surface area contributed by atoms with Gasteiger partial charge in [0, 0.05) is 38.3 Å². The number of rotatable bonds is 3. The molecule has 0 spiro atoms. The smallest absolute Gasteiger partial charge is 0.329 e. The van der Waals surface area contributed by atoms with E-state index in [1.165, 1.54) is 11.3 Å².